The minimum absolute atomic E-state index is 0.109. The average molecular weight is 231 g/mol. The summed E-state index contributed by atoms with van der Waals surface area (Å²) in [6.07, 6.45) is 5.55. The summed E-state index contributed by atoms with van der Waals surface area (Å²) in [5.74, 6) is 0.109. The van der Waals surface area contributed by atoms with Gasteiger partial charge in [0, 0.05) is 19.2 Å². The van der Waals surface area contributed by atoms with E-state index >= 15 is 0 Å². The van der Waals surface area contributed by atoms with Gasteiger partial charge in [-0.1, -0.05) is 44.2 Å². The van der Waals surface area contributed by atoms with Gasteiger partial charge in [0.2, 0.25) is 5.91 Å². The van der Waals surface area contributed by atoms with Crippen LogP contribution in [0.5, 0.6) is 0 Å². The average Bonchev–Trinajstić information content (AvgIpc) is 2.37. The molecule has 1 aromatic carbocycles. The molecule has 1 rings (SSSR count). The molecule has 0 radical (unpaired) electrons. The molecule has 0 N–H and O–H groups in total. The molecule has 0 aromatic heterocycles. The molecule has 0 saturated carbocycles. The quantitative estimate of drug-likeness (QED) is 0.687. The number of hydrogen-bond donors (Lipinski definition) is 0. The van der Waals surface area contributed by atoms with Crippen LogP contribution in [0.2, 0.25) is 0 Å². The van der Waals surface area contributed by atoms with Gasteiger partial charge in [-0.25, -0.2) is 0 Å². The van der Waals surface area contributed by atoms with Gasteiger partial charge >= 0.3 is 0 Å². The Bertz CT molecular complexity index is 350. The summed E-state index contributed by atoms with van der Waals surface area (Å²) in [5, 5.41) is 0. The van der Waals surface area contributed by atoms with Crippen molar-refractivity contribution in [1.29, 1.82) is 0 Å². The van der Waals surface area contributed by atoms with Gasteiger partial charge in [0.05, 0.1) is 0 Å². The summed E-state index contributed by atoms with van der Waals surface area (Å²) < 4.78 is 0. The van der Waals surface area contributed by atoms with Gasteiger partial charge in [-0.3, -0.25) is 4.79 Å². The van der Waals surface area contributed by atoms with E-state index < -0.39 is 0 Å². The second-order valence-electron chi connectivity index (χ2n) is 4.07. The van der Waals surface area contributed by atoms with Crippen molar-refractivity contribution in [3.8, 4) is 0 Å². The maximum absolute atomic E-state index is 11.9. The molecule has 2 nitrogen and oxygen atoms in total. The molecular formula is C15H21NO. The molecule has 92 valence electrons. The molecule has 2 heteroatoms. The topological polar surface area (TPSA) is 20.3 Å². The molecule has 1 amide bonds. The zero-order chi connectivity index (χ0) is 12.5. The van der Waals surface area contributed by atoms with E-state index in [4.69, 9.17) is 0 Å². The molecule has 0 saturated heterocycles. The van der Waals surface area contributed by atoms with Crippen LogP contribution in [0.25, 0.3) is 6.08 Å². The van der Waals surface area contributed by atoms with Crippen molar-refractivity contribution in [2.75, 3.05) is 13.1 Å². The Balaban J connectivity index is 2.60. The minimum atomic E-state index is 0.109. The summed E-state index contributed by atoms with van der Waals surface area (Å²) in [5.41, 5.74) is 1.06. The number of amides is 1. The van der Waals surface area contributed by atoms with Gasteiger partial charge in [0.15, 0.2) is 0 Å². The van der Waals surface area contributed by atoms with Crippen LogP contribution in [0.4, 0.5) is 0 Å². The third-order valence-corrected chi connectivity index (χ3v) is 2.52. The molecule has 0 fully saturated rings. The molecule has 17 heavy (non-hydrogen) atoms. The lowest BCUT2D eigenvalue weighted by Gasteiger charge is -2.19. The first-order valence-electron chi connectivity index (χ1n) is 6.30. The third kappa shape index (κ3) is 4.85. The normalized spacial score (nSPS) is 10.7. The highest BCUT2D eigenvalue weighted by atomic mass is 16.2. The van der Waals surface area contributed by atoms with Crippen LogP contribution in [0.15, 0.2) is 36.4 Å². The van der Waals surface area contributed by atoms with E-state index in [9.17, 15) is 4.79 Å². The Morgan fingerprint density at radius 3 is 2.24 bits per heavy atom. The molecule has 0 bridgehead atoms. The van der Waals surface area contributed by atoms with E-state index in [0.717, 1.165) is 31.5 Å². The number of carbonyl (C=O) groups is 1. The lowest BCUT2D eigenvalue weighted by molar-refractivity contribution is -0.126. The lowest BCUT2D eigenvalue weighted by Crippen LogP contribution is -2.30. The van der Waals surface area contributed by atoms with Gasteiger partial charge in [-0.2, -0.15) is 0 Å². The van der Waals surface area contributed by atoms with Crippen molar-refractivity contribution in [2.24, 2.45) is 0 Å². The molecular weight excluding hydrogens is 210 g/mol. The molecule has 0 atom stereocenters. The maximum atomic E-state index is 11.9. The van der Waals surface area contributed by atoms with Crippen molar-refractivity contribution >= 4 is 12.0 Å². The molecule has 0 aliphatic heterocycles. The zero-order valence-electron chi connectivity index (χ0n) is 10.7. The summed E-state index contributed by atoms with van der Waals surface area (Å²) in [6.45, 7) is 5.87. The van der Waals surface area contributed by atoms with Crippen molar-refractivity contribution in [2.45, 2.75) is 26.7 Å². The predicted octanol–water partition coefficient (Wildman–Crippen LogP) is 3.35. The Labute approximate surface area is 104 Å². The van der Waals surface area contributed by atoms with Crippen LogP contribution in [0, 0.1) is 0 Å². The molecule has 0 unspecified atom stereocenters. The second-order valence-corrected chi connectivity index (χ2v) is 4.07. The Kier molecular flexibility index (Phi) is 6.08. The first-order chi connectivity index (χ1) is 8.27. The number of benzene rings is 1. The smallest absolute Gasteiger partial charge is 0.246 e. The standard InChI is InChI=1S/C15H21NO/c1-3-12-16(13-4-2)15(17)11-10-14-8-6-5-7-9-14/h5-11H,3-4,12-13H2,1-2H3. The summed E-state index contributed by atoms with van der Waals surface area (Å²) >= 11 is 0. The Morgan fingerprint density at radius 1 is 1.12 bits per heavy atom. The number of rotatable bonds is 6. The predicted molar refractivity (Wildman–Crippen MR) is 72.6 cm³/mol. The Morgan fingerprint density at radius 2 is 1.71 bits per heavy atom. The summed E-state index contributed by atoms with van der Waals surface area (Å²) in [6, 6.07) is 9.90. The van der Waals surface area contributed by atoms with E-state index in [1.54, 1.807) is 6.08 Å². The second kappa shape index (κ2) is 7.66. The SMILES string of the molecule is CCCN(CCC)C(=O)C=Cc1ccccc1. The molecule has 1 aromatic rings. The van der Waals surface area contributed by atoms with Crippen molar-refractivity contribution in [3.63, 3.8) is 0 Å². The fraction of sp³-hybridized carbons (Fsp3) is 0.400. The zero-order valence-corrected chi connectivity index (χ0v) is 10.7. The van der Waals surface area contributed by atoms with Crippen LogP contribution in [-0.2, 0) is 4.79 Å². The summed E-state index contributed by atoms with van der Waals surface area (Å²) in [4.78, 5) is 13.8. The highest BCUT2D eigenvalue weighted by Gasteiger charge is 2.07. The van der Waals surface area contributed by atoms with E-state index in [1.165, 1.54) is 0 Å². The van der Waals surface area contributed by atoms with Gasteiger partial charge in [-0.05, 0) is 24.5 Å². The van der Waals surface area contributed by atoms with Crippen LogP contribution < -0.4 is 0 Å². The minimum Gasteiger partial charge on any atom is -0.339 e. The number of hydrogen-bond acceptors (Lipinski definition) is 1. The van der Waals surface area contributed by atoms with Gasteiger partial charge in [-0.15, -0.1) is 0 Å². The van der Waals surface area contributed by atoms with Crippen LogP contribution in [-0.4, -0.2) is 23.9 Å². The highest BCUT2D eigenvalue weighted by molar-refractivity contribution is 5.91. The van der Waals surface area contributed by atoms with Gasteiger partial charge in [0.25, 0.3) is 0 Å². The first-order valence-corrected chi connectivity index (χ1v) is 6.30. The summed E-state index contributed by atoms with van der Waals surface area (Å²) in [7, 11) is 0. The molecule has 0 aliphatic carbocycles. The van der Waals surface area contributed by atoms with Crippen LogP contribution in [0.3, 0.4) is 0 Å². The van der Waals surface area contributed by atoms with Crippen molar-refractivity contribution < 1.29 is 4.79 Å². The van der Waals surface area contributed by atoms with Crippen LogP contribution in [0.1, 0.15) is 32.3 Å². The van der Waals surface area contributed by atoms with E-state index in [1.807, 2.05) is 41.3 Å². The highest BCUT2D eigenvalue weighted by Crippen LogP contribution is 2.03. The van der Waals surface area contributed by atoms with Gasteiger partial charge < -0.3 is 4.90 Å². The monoisotopic (exact) mass is 231 g/mol. The maximum Gasteiger partial charge on any atom is 0.246 e. The van der Waals surface area contributed by atoms with Crippen LogP contribution >= 0.6 is 0 Å². The molecule has 0 spiro atoms. The lowest BCUT2D eigenvalue weighted by atomic mass is 10.2. The van der Waals surface area contributed by atoms with E-state index in [0.29, 0.717) is 0 Å². The molecule has 0 heterocycles. The fourth-order valence-corrected chi connectivity index (χ4v) is 1.71. The third-order valence-electron chi connectivity index (χ3n) is 2.52. The number of nitrogens with zero attached hydrogens (tertiary/aromatic N) is 1. The largest absolute Gasteiger partial charge is 0.339 e. The van der Waals surface area contributed by atoms with E-state index in [-0.39, 0.29) is 5.91 Å². The first kappa shape index (κ1) is 13.5. The molecule has 0 aliphatic rings. The van der Waals surface area contributed by atoms with Crippen molar-refractivity contribution in [1.82, 2.24) is 4.90 Å². The Hall–Kier alpha value is -1.57. The fourth-order valence-electron chi connectivity index (χ4n) is 1.71. The van der Waals surface area contributed by atoms with Gasteiger partial charge in [0.1, 0.15) is 0 Å². The van der Waals surface area contributed by atoms with E-state index in [2.05, 4.69) is 13.8 Å². The van der Waals surface area contributed by atoms with Crippen molar-refractivity contribution in [3.05, 3.63) is 42.0 Å². The number of carbonyl (C=O) groups excluding carboxylic acids is 1.